The molecule has 2 atom stereocenters. The van der Waals surface area contributed by atoms with Crippen LogP contribution in [0.1, 0.15) is 18.1 Å². The predicted molar refractivity (Wildman–Crippen MR) is 155 cm³/mol. The molecule has 0 heterocycles. The topological polar surface area (TPSA) is 125 Å². The van der Waals surface area contributed by atoms with Crippen LogP contribution in [0.25, 0.3) is 0 Å². The lowest BCUT2D eigenvalue weighted by Gasteiger charge is -2.21. The predicted octanol–water partition coefficient (Wildman–Crippen LogP) is 4.20. The maximum atomic E-state index is 13.1. The molecule has 12 heteroatoms. The van der Waals surface area contributed by atoms with Gasteiger partial charge in [0.15, 0.2) is 24.2 Å². The Labute approximate surface area is 247 Å². The lowest BCUT2D eigenvalue weighted by atomic mass is 10.1. The van der Waals surface area contributed by atoms with Gasteiger partial charge in [0.05, 0.1) is 25.5 Å². The number of hydrogen-bond acceptors (Lipinski definition) is 8. The van der Waals surface area contributed by atoms with Crippen molar-refractivity contribution in [3.8, 4) is 17.2 Å². The largest absolute Gasteiger partial charge is 0.493 e. The van der Waals surface area contributed by atoms with Crippen LogP contribution in [0.5, 0.6) is 17.2 Å². The lowest BCUT2D eigenvalue weighted by molar-refractivity contribution is -0.143. The van der Waals surface area contributed by atoms with Crippen LogP contribution in [0.2, 0.25) is 10.0 Å². The van der Waals surface area contributed by atoms with Gasteiger partial charge in [-0.2, -0.15) is 5.10 Å². The zero-order valence-corrected chi connectivity index (χ0v) is 24.1. The Morgan fingerprint density at radius 1 is 0.927 bits per heavy atom. The van der Waals surface area contributed by atoms with Crippen LogP contribution < -0.4 is 25.0 Å². The SMILES string of the molecule is COC(=O)COc1ccc(/C=N\NC(=O)[C@H](Cc2ccccc2)NC(=O)[C@H](C)Oc2ccc(Cl)cc2Cl)cc1OC. The Balaban J connectivity index is 1.68. The summed E-state index contributed by atoms with van der Waals surface area (Å²) in [6.07, 6.45) is 0.651. The van der Waals surface area contributed by atoms with Crippen LogP contribution in [-0.2, 0) is 25.5 Å². The lowest BCUT2D eigenvalue weighted by Crippen LogP contribution is -2.50. The summed E-state index contributed by atoms with van der Waals surface area (Å²) in [6.45, 7) is 1.27. The van der Waals surface area contributed by atoms with Crippen molar-refractivity contribution in [3.05, 3.63) is 87.9 Å². The molecule has 0 unspecified atom stereocenters. The first-order valence-corrected chi connectivity index (χ1v) is 13.1. The zero-order chi connectivity index (χ0) is 29.8. The second-order valence-electron chi connectivity index (χ2n) is 8.60. The first kappa shape index (κ1) is 31.3. The molecule has 0 aliphatic carbocycles. The first-order chi connectivity index (χ1) is 19.7. The molecule has 0 aliphatic rings. The molecule has 0 saturated carbocycles. The van der Waals surface area contributed by atoms with E-state index in [4.69, 9.17) is 37.4 Å². The van der Waals surface area contributed by atoms with E-state index in [0.717, 1.165) is 5.56 Å². The van der Waals surface area contributed by atoms with E-state index in [1.54, 1.807) is 37.3 Å². The number of halogens is 2. The number of hydrogen-bond donors (Lipinski definition) is 2. The third-order valence-electron chi connectivity index (χ3n) is 5.63. The average Bonchev–Trinajstić information content (AvgIpc) is 2.97. The minimum atomic E-state index is -0.962. The molecular weight excluding hydrogens is 573 g/mol. The number of hydrazone groups is 1. The number of rotatable bonds is 13. The van der Waals surface area contributed by atoms with Gasteiger partial charge in [-0.1, -0.05) is 53.5 Å². The van der Waals surface area contributed by atoms with Crippen molar-refractivity contribution >= 4 is 47.2 Å². The van der Waals surface area contributed by atoms with E-state index in [1.165, 1.54) is 26.5 Å². The summed E-state index contributed by atoms with van der Waals surface area (Å²) in [5, 5.41) is 7.44. The maximum absolute atomic E-state index is 13.1. The van der Waals surface area contributed by atoms with Gasteiger partial charge in [-0.3, -0.25) is 9.59 Å². The molecule has 0 aromatic heterocycles. The first-order valence-electron chi connectivity index (χ1n) is 12.4. The minimum absolute atomic E-state index is 0.211. The van der Waals surface area contributed by atoms with Gasteiger partial charge in [-0.05, 0) is 54.4 Å². The van der Waals surface area contributed by atoms with E-state index in [9.17, 15) is 14.4 Å². The van der Waals surface area contributed by atoms with Crippen LogP contribution in [0.4, 0.5) is 0 Å². The number of amides is 2. The summed E-state index contributed by atoms with van der Waals surface area (Å²) < 4.78 is 21.0. The van der Waals surface area contributed by atoms with Gasteiger partial charge in [0.2, 0.25) is 0 Å². The van der Waals surface area contributed by atoms with Crippen molar-refractivity contribution in [2.24, 2.45) is 5.10 Å². The molecule has 2 amide bonds. The highest BCUT2D eigenvalue weighted by Crippen LogP contribution is 2.29. The Morgan fingerprint density at radius 3 is 2.34 bits per heavy atom. The second kappa shape index (κ2) is 15.5. The van der Waals surface area contributed by atoms with Gasteiger partial charge >= 0.3 is 5.97 Å². The Morgan fingerprint density at radius 2 is 1.66 bits per heavy atom. The molecule has 2 N–H and O–H groups in total. The van der Waals surface area contributed by atoms with Gasteiger partial charge < -0.3 is 24.3 Å². The molecule has 3 aromatic rings. The highest BCUT2D eigenvalue weighted by molar-refractivity contribution is 6.35. The molecular formula is C29H29Cl2N3O7. The molecule has 0 bridgehead atoms. The van der Waals surface area contributed by atoms with Crippen molar-refractivity contribution in [1.82, 2.24) is 10.7 Å². The van der Waals surface area contributed by atoms with Crippen molar-refractivity contribution in [2.45, 2.75) is 25.5 Å². The molecule has 0 fully saturated rings. The molecule has 0 spiro atoms. The Hall–Kier alpha value is -4.28. The van der Waals surface area contributed by atoms with E-state index < -0.39 is 29.9 Å². The van der Waals surface area contributed by atoms with E-state index in [-0.39, 0.29) is 23.8 Å². The van der Waals surface area contributed by atoms with Crippen LogP contribution in [-0.4, -0.2) is 57.0 Å². The van der Waals surface area contributed by atoms with Crippen molar-refractivity contribution in [3.63, 3.8) is 0 Å². The number of benzene rings is 3. The molecule has 3 rings (SSSR count). The summed E-state index contributed by atoms with van der Waals surface area (Å²) in [6, 6.07) is 17.8. The Bertz CT molecular complexity index is 1390. The standard InChI is InChI=1S/C29H29Cl2N3O7/c1-18(41-24-12-10-21(30)15-22(24)31)28(36)33-23(13-19-7-5-4-6-8-19)29(37)34-32-16-20-9-11-25(26(14-20)38-2)40-17-27(35)39-3/h4-12,14-16,18,23H,13,17H2,1-3H3,(H,33,36)(H,34,37)/b32-16-/t18-,23-/m0/s1. The van der Waals surface area contributed by atoms with Gasteiger partial charge in [0.1, 0.15) is 11.8 Å². The summed E-state index contributed by atoms with van der Waals surface area (Å²) in [4.78, 5) is 37.4. The molecule has 0 saturated heterocycles. The van der Waals surface area contributed by atoms with Crippen molar-refractivity contribution < 1.29 is 33.3 Å². The molecule has 216 valence electrons. The summed E-state index contributed by atoms with van der Waals surface area (Å²) in [5.41, 5.74) is 3.88. The molecule has 3 aromatic carbocycles. The highest BCUT2D eigenvalue weighted by atomic mass is 35.5. The normalized spacial score (nSPS) is 12.2. The second-order valence-corrected chi connectivity index (χ2v) is 9.44. The van der Waals surface area contributed by atoms with Gasteiger partial charge in [-0.15, -0.1) is 0 Å². The summed E-state index contributed by atoms with van der Waals surface area (Å²) in [5.74, 6) is -0.630. The minimum Gasteiger partial charge on any atom is -0.493 e. The fraction of sp³-hybridized carbons (Fsp3) is 0.241. The summed E-state index contributed by atoms with van der Waals surface area (Å²) >= 11 is 12.1. The number of carbonyl (C=O) groups is 3. The number of methoxy groups -OCH3 is 2. The highest BCUT2D eigenvalue weighted by Gasteiger charge is 2.25. The van der Waals surface area contributed by atoms with Crippen molar-refractivity contribution in [2.75, 3.05) is 20.8 Å². The van der Waals surface area contributed by atoms with Crippen LogP contribution >= 0.6 is 23.2 Å². The monoisotopic (exact) mass is 601 g/mol. The van der Waals surface area contributed by atoms with Crippen LogP contribution in [0.15, 0.2) is 71.8 Å². The molecule has 0 radical (unpaired) electrons. The van der Waals surface area contributed by atoms with Gasteiger partial charge in [0.25, 0.3) is 11.8 Å². The molecule has 0 aliphatic heterocycles. The fourth-order valence-corrected chi connectivity index (χ4v) is 3.94. The number of nitrogens with zero attached hydrogens (tertiary/aromatic N) is 1. The average molecular weight is 602 g/mol. The summed E-state index contributed by atoms with van der Waals surface area (Å²) in [7, 11) is 2.71. The zero-order valence-electron chi connectivity index (χ0n) is 22.6. The number of ether oxygens (including phenoxy) is 4. The maximum Gasteiger partial charge on any atom is 0.343 e. The van der Waals surface area contributed by atoms with Crippen molar-refractivity contribution in [1.29, 1.82) is 0 Å². The smallest absolute Gasteiger partial charge is 0.343 e. The van der Waals surface area contributed by atoms with E-state index >= 15 is 0 Å². The van der Waals surface area contributed by atoms with Crippen LogP contribution in [0, 0.1) is 0 Å². The van der Waals surface area contributed by atoms with E-state index in [1.807, 2.05) is 30.3 Å². The van der Waals surface area contributed by atoms with E-state index in [2.05, 4.69) is 20.6 Å². The van der Waals surface area contributed by atoms with Gasteiger partial charge in [-0.25, -0.2) is 10.2 Å². The quantitative estimate of drug-likeness (QED) is 0.171. The number of carbonyl (C=O) groups excluding carboxylic acids is 3. The Kier molecular flexibility index (Phi) is 11.8. The molecule has 10 nitrogen and oxygen atoms in total. The number of esters is 1. The number of nitrogens with one attached hydrogen (secondary N) is 2. The van der Waals surface area contributed by atoms with Crippen LogP contribution in [0.3, 0.4) is 0 Å². The fourth-order valence-electron chi connectivity index (χ4n) is 3.49. The third-order valence-corrected chi connectivity index (χ3v) is 6.16. The van der Waals surface area contributed by atoms with Gasteiger partial charge in [0, 0.05) is 11.4 Å². The van der Waals surface area contributed by atoms with E-state index in [0.29, 0.717) is 22.1 Å². The molecule has 41 heavy (non-hydrogen) atoms. The third kappa shape index (κ3) is 9.70.